The molecule has 0 bridgehead atoms. The van der Waals surface area contributed by atoms with Gasteiger partial charge in [-0.25, -0.2) is 4.79 Å². The average molecular weight is 386 g/mol. The Kier molecular flexibility index (Phi) is 8.38. The van der Waals surface area contributed by atoms with Crippen LogP contribution in [0, 0.1) is 0 Å². The van der Waals surface area contributed by atoms with E-state index in [1.54, 1.807) is 30.3 Å². The van der Waals surface area contributed by atoms with Crippen LogP contribution in [0.15, 0.2) is 60.7 Å². The van der Waals surface area contributed by atoms with Gasteiger partial charge in [-0.1, -0.05) is 48.5 Å². The van der Waals surface area contributed by atoms with Crippen molar-refractivity contribution >= 4 is 29.5 Å². The number of carbonyl (C=O) groups is 3. The Morgan fingerprint density at radius 3 is 2.26 bits per heavy atom. The summed E-state index contributed by atoms with van der Waals surface area (Å²) in [5.41, 5.74) is 1.60. The molecule has 1 atom stereocenters. The number of rotatable bonds is 9. The van der Waals surface area contributed by atoms with Crippen LogP contribution in [0.2, 0.25) is 0 Å². The van der Waals surface area contributed by atoms with Gasteiger partial charge in [0.05, 0.1) is 13.7 Å². The van der Waals surface area contributed by atoms with Crippen molar-refractivity contribution in [1.82, 2.24) is 10.6 Å². The molecule has 2 aromatic carbocycles. The van der Waals surface area contributed by atoms with Gasteiger partial charge in [0.15, 0.2) is 0 Å². The second kappa shape index (κ2) is 11.0. The quantitative estimate of drug-likeness (QED) is 0.644. The molecule has 27 heavy (non-hydrogen) atoms. The second-order valence-corrected chi connectivity index (χ2v) is 6.72. The lowest BCUT2D eigenvalue weighted by Crippen LogP contribution is -2.47. The summed E-state index contributed by atoms with van der Waals surface area (Å²) in [6.45, 7) is -0.218. The molecule has 0 aromatic heterocycles. The molecule has 2 amide bonds. The van der Waals surface area contributed by atoms with E-state index in [2.05, 4.69) is 10.6 Å². The fourth-order valence-electron chi connectivity index (χ4n) is 2.28. The second-order valence-electron chi connectivity index (χ2n) is 5.69. The minimum absolute atomic E-state index is 0.218. The van der Waals surface area contributed by atoms with Crippen LogP contribution in [0.1, 0.15) is 15.9 Å². The highest BCUT2D eigenvalue weighted by Gasteiger charge is 2.21. The van der Waals surface area contributed by atoms with Gasteiger partial charge in [-0.2, -0.15) is 11.8 Å². The van der Waals surface area contributed by atoms with Crippen molar-refractivity contribution in [3.05, 3.63) is 71.8 Å². The molecule has 2 rings (SSSR count). The van der Waals surface area contributed by atoms with Crippen LogP contribution in [0.5, 0.6) is 0 Å². The van der Waals surface area contributed by atoms with E-state index in [-0.39, 0.29) is 12.5 Å². The summed E-state index contributed by atoms with van der Waals surface area (Å²) in [4.78, 5) is 36.0. The van der Waals surface area contributed by atoms with Crippen LogP contribution in [-0.2, 0) is 20.1 Å². The van der Waals surface area contributed by atoms with E-state index in [0.717, 1.165) is 11.3 Å². The highest BCUT2D eigenvalue weighted by molar-refractivity contribution is 7.98. The fourth-order valence-corrected chi connectivity index (χ4v) is 3.28. The number of thioether (sulfide) groups is 1. The molecule has 0 aliphatic heterocycles. The topological polar surface area (TPSA) is 84.5 Å². The van der Waals surface area contributed by atoms with Gasteiger partial charge in [0, 0.05) is 17.1 Å². The summed E-state index contributed by atoms with van der Waals surface area (Å²) >= 11 is 1.52. The number of carbonyl (C=O) groups excluding carboxylic acids is 3. The maximum Gasteiger partial charge on any atom is 0.329 e. The summed E-state index contributed by atoms with van der Waals surface area (Å²) in [7, 11) is 1.28. The van der Waals surface area contributed by atoms with Crippen molar-refractivity contribution in [3.8, 4) is 0 Å². The summed E-state index contributed by atoms with van der Waals surface area (Å²) in [6, 6.07) is 17.7. The lowest BCUT2D eigenvalue weighted by molar-refractivity contribution is -0.144. The minimum Gasteiger partial charge on any atom is -0.467 e. The molecule has 0 heterocycles. The fraction of sp³-hybridized carbons (Fsp3) is 0.250. The van der Waals surface area contributed by atoms with Gasteiger partial charge in [0.2, 0.25) is 5.91 Å². The summed E-state index contributed by atoms with van der Waals surface area (Å²) < 4.78 is 4.76. The molecule has 0 fully saturated rings. The van der Waals surface area contributed by atoms with E-state index in [1.165, 1.54) is 18.9 Å². The first kappa shape index (κ1) is 20.5. The Morgan fingerprint density at radius 2 is 1.63 bits per heavy atom. The van der Waals surface area contributed by atoms with E-state index < -0.39 is 17.9 Å². The predicted molar refractivity (Wildman–Crippen MR) is 105 cm³/mol. The van der Waals surface area contributed by atoms with E-state index in [9.17, 15) is 14.4 Å². The monoisotopic (exact) mass is 386 g/mol. The molecule has 2 aromatic rings. The van der Waals surface area contributed by atoms with Crippen LogP contribution in [0.4, 0.5) is 0 Å². The zero-order valence-corrected chi connectivity index (χ0v) is 15.8. The van der Waals surface area contributed by atoms with Crippen molar-refractivity contribution in [2.24, 2.45) is 0 Å². The number of esters is 1. The largest absolute Gasteiger partial charge is 0.467 e. The molecular formula is C20H22N2O4S. The number of methoxy groups -OCH3 is 1. The molecule has 0 saturated carbocycles. The first-order valence-corrected chi connectivity index (χ1v) is 9.57. The summed E-state index contributed by atoms with van der Waals surface area (Å²) in [5.74, 6) is -0.221. The molecule has 0 radical (unpaired) electrons. The van der Waals surface area contributed by atoms with Gasteiger partial charge in [0.1, 0.15) is 6.04 Å². The van der Waals surface area contributed by atoms with E-state index in [4.69, 9.17) is 4.74 Å². The van der Waals surface area contributed by atoms with E-state index in [1.807, 2.05) is 30.3 Å². The third kappa shape index (κ3) is 7.15. The number of ether oxygens (including phenoxy) is 1. The molecule has 142 valence electrons. The van der Waals surface area contributed by atoms with E-state index in [0.29, 0.717) is 11.3 Å². The molecule has 7 heteroatoms. The highest BCUT2D eigenvalue weighted by atomic mass is 32.2. The Bertz CT molecular complexity index is 753. The number of nitrogens with one attached hydrogen (secondary N) is 2. The lowest BCUT2D eigenvalue weighted by atomic mass is 10.2. The van der Waals surface area contributed by atoms with Crippen LogP contribution < -0.4 is 10.6 Å². The number of hydrogen-bond donors (Lipinski definition) is 2. The van der Waals surface area contributed by atoms with Crippen LogP contribution in [0.3, 0.4) is 0 Å². The molecule has 0 aliphatic rings. The minimum atomic E-state index is -0.773. The Balaban J connectivity index is 1.80. The van der Waals surface area contributed by atoms with Crippen molar-refractivity contribution in [1.29, 1.82) is 0 Å². The Morgan fingerprint density at radius 1 is 1.00 bits per heavy atom. The van der Waals surface area contributed by atoms with Gasteiger partial charge < -0.3 is 15.4 Å². The highest BCUT2D eigenvalue weighted by Crippen LogP contribution is 2.13. The smallest absolute Gasteiger partial charge is 0.329 e. The van der Waals surface area contributed by atoms with Crippen LogP contribution in [0.25, 0.3) is 0 Å². The maximum absolute atomic E-state index is 12.1. The Labute approximate surface area is 162 Å². The number of amides is 2. The third-order valence-corrected chi connectivity index (χ3v) is 4.77. The van der Waals surface area contributed by atoms with Gasteiger partial charge in [-0.05, 0) is 17.7 Å². The first-order valence-electron chi connectivity index (χ1n) is 8.42. The van der Waals surface area contributed by atoms with E-state index >= 15 is 0 Å². The molecule has 2 N–H and O–H groups in total. The van der Waals surface area contributed by atoms with Crippen molar-refractivity contribution < 1.29 is 19.1 Å². The zero-order valence-electron chi connectivity index (χ0n) is 15.0. The predicted octanol–water partition coefficient (Wildman–Crippen LogP) is 2.01. The van der Waals surface area contributed by atoms with Crippen LogP contribution >= 0.6 is 11.8 Å². The standard InChI is InChI=1S/C20H22N2O4S/c1-26-20(25)17(14-27-13-15-8-4-2-5-9-15)22-18(23)12-21-19(24)16-10-6-3-7-11-16/h2-11,17H,12-14H2,1H3,(H,21,24)(H,22,23). The van der Waals surface area contributed by atoms with Crippen molar-refractivity contribution in [2.75, 3.05) is 19.4 Å². The third-order valence-electron chi connectivity index (χ3n) is 3.66. The van der Waals surface area contributed by atoms with Gasteiger partial charge in [0.25, 0.3) is 5.91 Å². The molecule has 1 unspecified atom stereocenters. The summed E-state index contributed by atoms with van der Waals surface area (Å²) in [6.07, 6.45) is 0. The lowest BCUT2D eigenvalue weighted by Gasteiger charge is -2.16. The first-order chi connectivity index (χ1) is 13.1. The molecule has 0 spiro atoms. The van der Waals surface area contributed by atoms with Crippen LogP contribution in [-0.4, -0.2) is 43.2 Å². The number of hydrogen-bond acceptors (Lipinski definition) is 5. The van der Waals surface area contributed by atoms with Gasteiger partial charge >= 0.3 is 5.97 Å². The normalized spacial score (nSPS) is 11.3. The average Bonchev–Trinajstić information content (AvgIpc) is 2.72. The van der Waals surface area contributed by atoms with Crippen molar-refractivity contribution in [2.45, 2.75) is 11.8 Å². The number of benzene rings is 2. The maximum atomic E-state index is 12.1. The molecule has 0 aliphatic carbocycles. The summed E-state index contributed by atoms with van der Waals surface area (Å²) in [5, 5.41) is 5.14. The van der Waals surface area contributed by atoms with Gasteiger partial charge in [-0.3, -0.25) is 9.59 Å². The van der Waals surface area contributed by atoms with Gasteiger partial charge in [-0.15, -0.1) is 0 Å². The van der Waals surface area contributed by atoms with Crippen molar-refractivity contribution in [3.63, 3.8) is 0 Å². The Hall–Kier alpha value is -2.80. The zero-order chi connectivity index (χ0) is 19.5. The molecule has 0 saturated heterocycles. The SMILES string of the molecule is COC(=O)C(CSCc1ccccc1)NC(=O)CNC(=O)c1ccccc1. The molecular weight excluding hydrogens is 364 g/mol. The molecule has 6 nitrogen and oxygen atoms in total.